The summed E-state index contributed by atoms with van der Waals surface area (Å²) in [6, 6.07) is 2.33. The summed E-state index contributed by atoms with van der Waals surface area (Å²) in [6.07, 6.45) is 3.29. The molecule has 1 aromatic rings. The van der Waals surface area contributed by atoms with E-state index in [9.17, 15) is 8.42 Å². The first-order valence-corrected chi connectivity index (χ1v) is 10.4. The molecule has 1 heterocycles. The Kier molecular flexibility index (Phi) is 5.87. The SMILES string of the molecule is CC(C)CC(C)NS(=O)(=O)c1cc(CNC2CC2)sc1Br. The van der Waals surface area contributed by atoms with Gasteiger partial charge in [-0.05, 0) is 54.1 Å². The molecule has 0 aliphatic heterocycles. The number of hydrogen-bond donors (Lipinski definition) is 2. The molecule has 0 bridgehead atoms. The van der Waals surface area contributed by atoms with Gasteiger partial charge in [-0.15, -0.1) is 11.3 Å². The van der Waals surface area contributed by atoms with Crippen molar-refractivity contribution in [1.29, 1.82) is 0 Å². The monoisotopic (exact) mass is 394 g/mol. The number of halogens is 1. The third-order valence-corrected chi connectivity index (χ3v) is 7.16. The van der Waals surface area contributed by atoms with Gasteiger partial charge in [-0.25, -0.2) is 13.1 Å². The number of nitrogens with one attached hydrogen (secondary N) is 2. The summed E-state index contributed by atoms with van der Waals surface area (Å²) >= 11 is 4.87. The lowest BCUT2D eigenvalue weighted by Gasteiger charge is -2.15. The lowest BCUT2D eigenvalue weighted by Crippen LogP contribution is -2.33. The highest BCUT2D eigenvalue weighted by Gasteiger charge is 2.24. The number of thiophene rings is 1. The molecule has 0 radical (unpaired) electrons. The average Bonchev–Trinajstić information content (AvgIpc) is 3.07. The van der Waals surface area contributed by atoms with Gasteiger partial charge < -0.3 is 5.32 Å². The fourth-order valence-electron chi connectivity index (χ4n) is 2.28. The fraction of sp³-hybridized carbons (Fsp3) is 0.714. The quantitative estimate of drug-likeness (QED) is 0.709. The van der Waals surface area contributed by atoms with Crippen LogP contribution in [0, 0.1) is 5.92 Å². The van der Waals surface area contributed by atoms with Crippen molar-refractivity contribution >= 4 is 37.3 Å². The van der Waals surface area contributed by atoms with Gasteiger partial charge in [0.15, 0.2) is 0 Å². The van der Waals surface area contributed by atoms with E-state index in [1.165, 1.54) is 24.2 Å². The van der Waals surface area contributed by atoms with Gasteiger partial charge in [-0.2, -0.15) is 0 Å². The molecular weight excluding hydrogens is 372 g/mol. The summed E-state index contributed by atoms with van der Waals surface area (Å²) < 4.78 is 28.4. The molecule has 2 rings (SSSR count). The Bertz CT molecular complexity index is 580. The van der Waals surface area contributed by atoms with Gasteiger partial charge in [0, 0.05) is 23.5 Å². The van der Waals surface area contributed by atoms with Gasteiger partial charge in [0.25, 0.3) is 0 Å². The van der Waals surface area contributed by atoms with Gasteiger partial charge in [0.1, 0.15) is 4.90 Å². The molecule has 4 nitrogen and oxygen atoms in total. The van der Waals surface area contributed by atoms with E-state index >= 15 is 0 Å². The Morgan fingerprint density at radius 2 is 2.05 bits per heavy atom. The highest BCUT2D eigenvalue weighted by atomic mass is 79.9. The molecule has 0 spiro atoms. The molecule has 1 aliphatic rings. The Morgan fingerprint density at radius 1 is 1.38 bits per heavy atom. The maximum Gasteiger partial charge on any atom is 0.242 e. The molecular formula is C14H23BrN2O2S2. The molecule has 1 atom stereocenters. The summed E-state index contributed by atoms with van der Waals surface area (Å²) in [5.41, 5.74) is 0. The number of hydrogen-bond acceptors (Lipinski definition) is 4. The summed E-state index contributed by atoms with van der Waals surface area (Å²) in [5, 5.41) is 3.41. The van der Waals surface area contributed by atoms with Crippen LogP contribution in [0.1, 0.15) is 44.9 Å². The van der Waals surface area contributed by atoms with Crippen LogP contribution in [0.15, 0.2) is 14.7 Å². The van der Waals surface area contributed by atoms with Crippen LogP contribution < -0.4 is 10.0 Å². The lowest BCUT2D eigenvalue weighted by atomic mass is 10.1. The van der Waals surface area contributed by atoms with Crippen LogP contribution in [0.2, 0.25) is 0 Å². The highest BCUT2D eigenvalue weighted by molar-refractivity contribution is 9.11. The van der Waals surface area contributed by atoms with Crippen LogP contribution in [0.25, 0.3) is 0 Å². The molecule has 0 aromatic carbocycles. The Labute approximate surface area is 139 Å². The molecule has 2 N–H and O–H groups in total. The minimum Gasteiger partial charge on any atom is -0.309 e. The average molecular weight is 395 g/mol. The zero-order chi connectivity index (χ0) is 15.6. The topological polar surface area (TPSA) is 58.2 Å². The lowest BCUT2D eigenvalue weighted by molar-refractivity contribution is 0.482. The molecule has 1 saturated carbocycles. The minimum absolute atomic E-state index is 0.0603. The molecule has 120 valence electrons. The second-order valence-electron chi connectivity index (χ2n) is 6.16. The Balaban J connectivity index is 2.04. The van der Waals surface area contributed by atoms with Crippen LogP contribution in [0.5, 0.6) is 0 Å². The summed E-state index contributed by atoms with van der Waals surface area (Å²) in [7, 11) is -3.45. The van der Waals surface area contributed by atoms with E-state index in [1.54, 1.807) is 6.07 Å². The van der Waals surface area contributed by atoms with Crippen LogP contribution in [0.4, 0.5) is 0 Å². The van der Waals surface area contributed by atoms with E-state index < -0.39 is 10.0 Å². The van der Waals surface area contributed by atoms with Gasteiger partial charge >= 0.3 is 0 Å². The maximum atomic E-state index is 12.5. The van der Waals surface area contributed by atoms with Crippen molar-refractivity contribution in [3.63, 3.8) is 0 Å². The van der Waals surface area contributed by atoms with Crippen LogP contribution >= 0.6 is 27.3 Å². The van der Waals surface area contributed by atoms with Gasteiger partial charge in [0.05, 0.1) is 3.79 Å². The first kappa shape index (κ1) is 17.4. The molecule has 0 saturated heterocycles. The standard InChI is InChI=1S/C14H23BrN2O2S2/c1-9(2)6-10(3)17-21(18,19)13-7-12(20-14(13)15)8-16-11-4-5-11/h7,9-11,16-17H,4-6,8H2,1-3H3. The third kappa shape index (κ3) is 5.32. The van der Waals surface area contributed by atoms with E-state index in [1.807, 2.05) is 6.92 Å². The van der Waals surface area contributed by atoms with Crippen molar-refractivity contribution in [3.05, 3.63) is 14.7 Å². The van der Waals surface area contributed by atoms with Crippen molar-refractivity contribution in [3.8, 4) is 0 Å². The molecule has 7 heteroatoms. The summed E-state index contributed by atoms with van der Waals surface area (Å²) in [4.78, 5) is 1.40. The third-order valence-electron chi connectivity index (χ3n) is 3.32. The predicted octanol–water partition coefficient (Wildman–Crippen LogP) is 3.48. The van der Waals surface area contributed by atoms with E-state index in [0.29, 0.717) is 20.6 Å². The molecule has 0 amide bonds. The molecule has 1 fully saturated rings. The summed E-state index contributed by atoms with van der Waals surface area (Å²) in [6.45, 7) is 6.83. The highest BCUT2D eigenvalue weighted by Crippen LogP contribution is 2.32. The van der Waals surface area contributed by atoms with Gasteiger partial charge in [0.2, 0.25) is 10.0 Å². The predicted molar refractivity (Wildman–Crippen MR) is 91.1 cm³/mol. The van der Waals surface area contributed by atoms with E-state index in [4.69, 9.17) is 0 Å². The Morgan fingerprint density at radius 3 is 2.62 bits per heavy atom. The summed E-state index contributed by atoms with van der Waals surface area (Å²) in [5.74, 6) is 0.465. The smallest absolute Gasteiger partial charge is 0.242 e. The van der Waals surface area contributed by atoms with Crippen molar-refractivity contribution in [2.45, 2.75) is 63.6 Å². The molecule has 21 heavy (non-hydrogen) atoms. The van der Waals surface area contributed by atoms with E-state index in [2.05, 4.69) is 39.8 Å². The van der Waals surface area contributed by atoms with E-state index in [0.717, 1.165) is 17.8 Å². The van der Waals surface area contributed by atoms with Crippen LogP contribution in [-0.4, -0.2) is 20.5 Å². The minimum atomic E-state index is -3.45. The Hall–Kier alpha value is 0.0500. The number of rotatable bonds is 8. The van der Waals surface area contributed by atoms with Gasteiger partial charge in [-0.1, -0.05) is 13.8 Å². The normalized spacial score (nSPS) is 17.4. The van der Waals surface area contributed by atoms with Crippen molar-refractivity contribution in [2.24, 2.45) is 5.92 Å². The second kappa shape index (κ2) is 7.08. The van der Waals surface area contributed by atoms with Gasteiger partial charge in [-0.3, -0.25) is 0 Å². The van der Waals surface area contributed by atoms with E-state index in [-0.39, 0.29) is 6.04 Å². The molecule has 1 aliphatic carbocycles. The fourth-order valence-corrected chi connectivity index (χ4v) is 6.17. The maximum absolute atomic E-state index is 12.5. The zero-order valence-corrected chi connectivity index (χ0v) is 15.9. The van der Waals surface area contributed by atoms with Crippen LogP contribution in [-0.2, 0) is 16.6 Å². The first-order valence-electron chi connectivity index (χ1n) is 7.32. The van der Waals surface area contributed by atoms with Crippen LogP contribution in [0.3, 0.4) is 0 Å². The van der Waals surface area contributed by atoms with Crippen molar-refractivity contribution in [2.75, 3.05) is 0 Å². The largest absolute Gasteiger partial charge is 0.309 e. The number of sulfonamides is 1. The second-order valence-corrected chi connectivity index (χ2v) is 10.3. The first-order chi connectivity index (χ1) is 9.78. The molecule has 1 aromatic heterocycles. The zero-order valence-electron chi connectivity index (χ0n) is 12.6. The molecule has 1 unspecified atom stereocenters. The van der Waals surface area contributed by atoms with Crippen molar-refractivity contribution < 1.29 is 8.42 Å². The van der Waals surface area contributed by atoms with Crippen molar-refractivity contribution in [1.82, 2.24) is 10.0 Å².